The lowest BCUT2D eigenvalue weighted by atomic mass is 9.96. The number of rotatable bonds is 6. The van der Waals surface area contributed by atoms with Gasteiger partial charge in [-0.1, -0.05) is 19.9 Å². The van der Waals surface area contributed by atoms with Crippen molar-refractivity contribution in [2.45, 2.75) is 38.5 Å². The molecule has 2 saturated heterocycles. The Morgan fingerprint density at radius 3 is 2.42 bits per heavy atom. The van der Waals surface area contributed by atoms with Crippen molar-refractivity contribution in [1.29, 1.82) is 0 Å². The van der Waals surface area contributed by atoms with Gasteiger partial charge in [-0.3, -0.25) is 19.3 Å². The number of halogens is 1. The molecule has 0 saturated carbocycles. The van der Waals surface area contributed by atoms with Gasteiger partial charge in [-0.2, -0.15) is 0 Å². The second kappa shape index (κ2) is 10.7. The highest BCUT2D eigenvalue weighted by Crippen LogP contribution is 2.39. The number of nitrogens with one attached hydrogen (secondary N) is 1. The molecule has 9 heteroatoms. The Hall–Kier alpha value is -3.46. The molecule has 2 fully saturated rings. The number of hydrogen-bond acceptors (Lipinski definition) is 5. The van der Waals surface area contributed by atoms with Gasteiger partial charge in [0.1, 0.15) is 23.3 Å². The van der Waals surface area contributed by atoms with Gasteiger partial charge in [0, 0.05) is 43.6 Å². The number of amides is 3. The first kappa shape index (κ1) is 25.6. The Balaban J connectivity index is 1.57. The van der Waals surface area contributed by atoms with Gasteiger partial charge in [0.05, 0.1) is 13.7 Å². The van der Waals surface area contributed by atoms with Crippen molar-refractivity contribution >= 4 is 17.7 Å². The maximum Gasteiger partial charge on any atom is 0.257 e. The Bertz CT molecular complexity index is 1110. The van der Waals surface area contributed by atoms with Crippen molar-refractivity contribution < 1.29 is 28.2 Å². The molecule has 4 rings (SSSR count). The zero-order valence-corrected chi connectivity index (χ0v) is 20.8. The van der Waals surface area contributed by atoms with Gasteiger partial charge in [0.25, 0.3) is 11.8 Å². The van der Waals surface area contributed by atoms with Crippen LogP contribution in [0.4, 0.5) is 4.39 Å². The van der Waals surface area contributed by atoms with E-state index in [2.05, 4.69) is 5.32 Å². The van der Waals surface area contributed by atoms with Gasteiger partial charge >= 0.3 is 0 Å². The standard InChI is InChI=1S/C27H32FN3O5/c1-18(2)16-29-24(32)23-17-36-27(31(23)26(34)20-5-4-6-22(15-20)35-3)11-13-30(14-12-27)25(33)19-7-9-21(28)10-8-19/h4-10,15,18,23H,11-14,16-17H2,1-3H3,(H,29,32)/t23-/m1/s1. The molecule has 36 heavy (non-hydrogen) atoms. The normalized spacial score (nSPS) is 19.0. The Labute approximate surface area is 210 Å². The van der Waals surface area contributed by atoms with Crippen LogP contribution in [-0.4, -0.2) is 72.6 Å². The molecule has 0 aromatic heterocycles. The minimum Gasteiger partial charge on any atom is -0.497 e. The summed E-state index contributed by atoms with van der Waals surface area (Å²) in [6.45, 7) is 5.23. The highest BCUT2D eigenvalue weighted by atomic mass is 19.1. The van der Waals surface area contributed by atoms with E-state index in [0.29, 0.717) is 49.4 Å². The van der Waals surface area contributed by atoms with Crippen LogP contribution in [-0.2, 0) is 9.53 Å². The van der Waals surface area contributed by atoms with Crippen LogP contribution in [0.5, 0.6) is 5.75 Å². The molecule has 0 aliphatic carbocycles. The van der Waals surface area contributed by atoms with E-state index in [1.54, 1.807) is 34.1 Å². The van der Waals surface area contributed by atoms with Gasteiger partial charge < -0.3 is 19.7 Å². The summed E-state index contributed by atoms with van der Waals surface area (Å²) in [7, 11) is 1.53. The summed E-state index contributed by atoms with van der Waals surface area (Å²) in [5, 5.41) is 2.93. The first-order valence-electron chi connectivity index (χ1n) is 12.2. The van der Waals surface area contributed by atoms with Crippen molar-refractivity contribution in [1.82, 2.24) is 15.1 Å². The smallest absolute Gasteiger partial charge is 0.257 e. The number of hydrogen-bond donors (Lipinski definition) is 1. The summed E-state index contributed by atoms with van der Waals surface area (Å²) in [6, 6.07) is 11.5. The minimum atomic E-state index is -1.01. The van der Waals surface area contributed by atoms with Crippen molar-refractivity contribution in [2.75, 3.05) is 33.4 Å². The molecule has 2 aromatic rings. The van der Waals surface area contributed by atoms with Crippen molar-refractivity contribution in [3.05, 3.63) is 65.5 Å². The van der Waals surface area contributed by atoms with Crippen molar-refractivity contribution in [2.24, 2.45) is 5.92 Å². The molecule has 2 aliphatic rings. The summed E-state index contributed by atoms with van der Waals surface area (Å²) in [6.07, 6.45) is 0.702. The summed E-state index contributed by atoms with van der Waals surface area (Å²) in [4.78, 5) is 43.1. The topological polar surface area (TPSA) is 88.2 Å². The number of methoxy groups -OCH3 is 1. The van der Waals surface area contributed by atoms with Crippen LogP contribution in [0.1, 0.15) is 47.4 Å². The first-order chi connectivity index (χ1) is 17.2. The zero-order chi connectivity index (χ0) is 25.9. The van der Waals surface area contributed by atoms with E-state index in [0.717, 1.165) is 0 Å². The first-order valence-corrected chi connectivity index (χ1v) is 12.2. The van der Waals surface area contributed by atoms with Crippen LogP contribution >= 0.6 is 0 Å². The molecule has 1 atom stereocenters. The van der Waals surface area contributed by atoms with Crippen molar-refractivity contribution in [3.8, 4) is 5.75 Å². The molecule has 2 aromatic carbocycles. The molecule has 0 bridgehead atoms. The van der Waals surface area contributed by atoms with Gasteiger partial charge in [-0.15, -0.1) is 0 Å². The average Bonchev–Trinajstić information content (AvgIpc) is 3.25. The fourth-order valence-electron chi connectivity index (χ4n) is 4.72. The van der Waals surface area contributed by atoms with Crippen LogP contribution in [0.25, 0.3) is 0 Å². The molecule has 0 unspecified atom stereocenters. The molecule has 0 radical (unpaired) electrons. The van der Waals surface area contributed by atoms with E-state index in [4.69, 9.17) is 9.47 Å². The minimum absolute atomic E-state index is 0.0749. The zero-order valence-electron chi connectivity index (χ0n) is 20.8. The molecule has 192 valence electrons. The summed E-state index contributed by atoms with van der Waals surface area (Å²) < 4.78 is 24.8. The highest BCUT2D eigenvalue weighted by molar-refractivity contribution is 5.99. The fourth-order valence-corrected chi connectivity index (χ4v) is 4.72. The molecule has 1 spiro atoms. The van der Waals surface area contributed by atoms with Crippen LogP contribution in [0.3, 0.4) is 0 Å². The van der Waals surface area contributed by atoms with E-state index in [1.807, 2.05) is 13.8 Å². The van der Waals surface area contributed by atoms with Gasteiger partial charge in [0.2, 0.25) is 5.91 Å². The molecular weight excluding hydrogens is 465 g/mol. The molecule has 2 heterocycles. The Morgan fingerprint density at radius 1 is 1.08 bits per heavy atom. The maximum absolute atomic E-state index is 13.8. The van der Waals surface area contributed by atoms with E-state index in [1.165, 1.54) is 31.4 Å². The SMILES string of the molecule is COc1cccc(C(=O)N2[C@@H](C(=O)NCC(C)C)COC23CCN(C(=O)c2ccc(F)cc2)CC3)c1. The molecular formula is C27H32FN3O5. The van der Waals surface area contributed by atoms with E-state index >= 15 is 0 Å². The predicted octanol–water partition coefficient (Wildman–Crippen LogP) is 3.08. The van der Waals surface area contributed by atoms with Crippen LogP contribution in [0, 0.1) is 11.7 Å². The lowest BCUT2D eigenvalue weighted by Gasteiger charge is -2.44. The van der Waals surface area contributed by atoms with Gasteiger partial charge in [-0.25, -0.2) is 4.39 Å². The van der Waals surface area contributed by atoms with Gasteiger partial charge in [-0.05, 0) is 48.4 Å². The number of piperidine rings is 1. The maximum atomic E-state index is 13.8. The average molecular weight is 498 g/mol. The number of likely N-dealkylation sites (tertiary alicyclic amines) is 1. The van der Waals surface area contributed by atoms with E-state index < -0.39 is 17.6 Å². The Morgan fingerprint density at radius 2 is 1.78 bits per heavy atom. The lowest BCUT2D eigenvalue weighted by Crippen LogP contribution is -2.60. The van der Waals surface area contributed by atoms with E-state index in [9.17, 15) is 18.8 Å². The lowest BCUT2D eigenvalue weighted by molar-refractivity contribution is -0.128. The second-order valence-electron chi connectivity index (χ2n) is 9.62. The Kier molecular flexibility index (Phi) is 7.59. The summed E-state index contributed by atoms with van der Waals surface area (Å²) in [5.74, 6) is -0.406. The predicted molar refractivity (Wildman–Crippen MR) is 131 cm³/mol. The molecule has 1 N–H and O–H groups in total. The third-order valence-corrected chi connectivity index (χ3v) is 6.71. The summed E-state index contributed by atoms with van der Waals surface area (Å²) >= 11 is 0. The van der Waals surface area contributed by atoms with Crippen molar-refractivity contribution in [3.63, 3.8) is 0 Å². The quantitative estimate of drug-likeness (QED) is 0.663. The third-order valence-electron chi connectivity index (χ3n) is 6.71. The van der Waals surface area contributed by atoms with E-state index in [-0.39, 0.29) is 30.2 Å². The molecule has 8 nitrogen and oxygen atoms in total. The number of carbonyl (C=O) groups is 3. The van der Waals surface area contributed by atoms with Crippen LogP contribution < -0.4 is 10.1 Å². The second-order valence-corrected chi connectivity index (χ2v) is 9.62. The largest absolute Gasteiger partial charge is 0.497 e. The number of nitrogens with zero attached hydrogens (tertiary/aromatic N) is 2. The van der Waals surface area contributed by atoms with Crippen LogP contribution in [0.15, 0.2) is 48.5 Å². The monoisotopic (exact) mass is 497 g/mol. The van der Waals surface area contributed by atoms with Gasteiger partial charge in [0.15, 0.2) is 0 Å². The fraction of sp³-hybridized carbons (Fsp3) is 0.444. The van der Waals surface area contributed by atoms with Crippen LogP contribution in [0.2, 0.25) is 0 Å². The molecule has 2 aliphatic heterocycles. The number of benzene rings is 2. The molecule has 3 amide bonds. The number of carbonyl (C=O) groups excluding carboxylic acids is 3. The highest BCUT2D eigenvalue weighted by Gasteiger charge is 2.54. The number of ether oxygens (including phenoxy) is 2. The third kappa shape index (κ3) is 5.21. The summed E-state index contributed by atoms with van der Waals surface area (Å²) in [5.41, 5.74) is -0.222.